The molecule has 0 spiro atoms. The van der Waals surface area contributed by atoms with Crippen LogP contribution < -0.4 is 4.90 Å². The molecule has 3 heterocycles. The predicted molar refractivity (Wildman–Crippen MR) is 127 cm³/mol. The van der Waals surface area contributed by atoms with Gasteiger partial charge in [-0.2, -0.15) is 0 Å². The van der Waals surface area contributed by atoms with E-state index in [1.807, 2.05) is 30.3 Å². The van der Waals surface area contributed by atoms with Crippen LogP contribution in [0.3, 0.4) is 0 Å². The fourth-order valence-electron chi connectivity index (χ4n) is 3.69. The highest BCUT2D eigenvalue weighted by Gasteiger charge is 2.34. The number of hydrogen-bond donors (Lipinski definition) is 0. The van der Waals surface area contributed by atoms with Crippen molar-refractivity contribution in [2.75, 3.05) is 16.4 Å². The van der Waals surface area contributed by atoms with Gasteiger partial charge < -0.3 is 9.32 Å². The second-order valence-electron chi connectivity index (χ2n) is 7.68. The number of carbonyl (C=O) groups excluding carboxylic acids is 2. The molecule has 8 nitrogen and oxygen atoms in total. The number of benzene rings is 1. The lowest BCUT2D eigenvalue weighted by molar-refractivity contribution is -0.128. The lowest BCUT2D eigenvalue weighted by atomic mass is 10.2. The van der Waals surface area contributed by atoms with Gasteiger partial charge in [0.25, 0.3) is 0 Å². The average molecular weight is 486 g/mol. The van der Waals surface area contributed by atoms with E-state index in [9.17, 15) is 18.0 Å². The maximum atomic E-state index is 13.0. The molecule has 0 saturated carbocycles. The molecule has 1 aromatic carbocycles. The Morgan fingerprint density at radius 1 is 1.21 bits per heavy atom. The first-order chi connectivity index (χ1) is 15.8. The summed E-state index contributed by atoms with van der Waals surface area (Å²) >= 11 is 1.29. The second-order valence-corrected chi connectivity index (χ2v) is 10.7. The van der Waals surface area contributed by atoms with Crippen molar-refractivity contribution in [2.24, 2.45) is 0 Å². The molecule has 0 radical (unpaired) electrons. The van der Waals surface area contributed by atoms with Crippen LogP contribution in [0.25, 0.3) is 6.08 Å². The van der Waals surface area contributed by atoms with E-state index in [4.69, 9.17) is 4.42 Å². The number of amides is 2. The Labute approximate surface area is 196 Å². The number of para-hydroxylation sites is 1. The van der Waals surface area contributed by atoms with Crippen LogP contribution >= 0.6 is 11.3 Å². The van der Waals surface area contributed by atoms with Gasteiger partial charge in [-0.25, -0.2) is 13.4 Å². The molecular weight excluding hydrogens is 462 g/mol. The maximum Gasteiger partial charge on any atom is 0.247 e. The van der Waals surface area contributed by atoms with Gasteiger partial charge in [0.2, 0.25) is 11.8 Å². The van der Waals surface area contributed by atoms with Gasteiger partial charge in [0.05, 0.1) is 35.7 Å². The number of aromatic nitrogens is 1. The first kappa shape index (κ1) is 22.9. The van der Waals surface area contributed by atoms with E-state index in [2.05, 4.69) is 4.98 Å². The van der Waals surface area contributed by atoms with Crippen molar-refractivity contribution < 1.29 is 22.4 Å². The van der Waals surface area contributed by atoms with Crippen LogP contribution in [0.4, 0.5) is 10.8 Å². The molecule has 0 aliphatic carbocycles. The van der Waals surface area contributed by atoms with Crippen LogP contribution in [0.2, 0.25) is 0 Å². The molecule has 4 rings (SSSR count). The summed E-state index contributed by atoms with van der Waals surface area (Å²) < 4.78 is 29.3. The number of sulfone groups is 1. The zero-order valence-corrected chi connectivity index (χ0v) is 19.6. The number of hydrogen-bond acceptors (Lipinski definition) is 7. The fraction of sp³-hybridized carbons (Fsp3) is 0.261. The Hall–Kier alpha value is -3.24. The molecule has 172 valence electrons. The summed E-state index contributed by atoms with van der Waals surface area (Å²) in [6.45, 7) is 1.65. The van der Waals surface area contributed by atoms with Crippen LogP contribution in [-0.2, 0) is 26.0 Å². The molecule has 10 heteroatoms. The quantitative estimate of drug-likeness (QED) is 0.474. The third kappa shape index (κ3) is 5.58. The van der Waals surface area contributed by atoms with E-state index in [0.717, 1.165) is 0 Å². The first-order valence-electron chi connectivity index (χ1n) is 10.4. The Morgan fingerprint density at radius 3 is 2.64 bits per heavy atom. The standard InChI is InChI=1S/C23H23N3O5S2/c1-17(27)26(19-6-3-2-4-7-19)23-24-18(15-32-23)9-10-22(28)25(14-21-8-5-12-31-21)20-11-13-33(29,30)16-20/h2-10,12,15,20H,11,13-14,16H2,1H3/b10-9+/t20-/m0/s1. The molecule has 33 heavy (non-hydrogen) atoms. The number of nitrogens with zero attached hydrogens (tertiary/aromatic N) is 3. The van der Waals surface area contributed by atoms with Gasteiger partial charge >= 0.3 is 0 Å². The van der Waals surface area contributed by atoms with Crippen molar-refractivity contribution in [3.63, 3.8) is 0 Å². The Balaban J connectivity index is 1.52. The molecule has 1 saturated heterocycles. The number of thiazole rings is 1. The van der Waals surface area contributed by atoms with E-state index in [1.165, 1.54) is 40.4 Å². The van der Waals surface area contributed by atoms with Crippen LogP contribution in [0.5, 0.6) is 0 Å². The van der Waals surface area contributed by atoms with Crippen molar-refractivity contribution >= 4 is 49.9 Å². The number of anilines is 2. The summed E-state index contributed by atoms with van der Waals surface area (Å²) in [6.07, 6.45) is 4.87. The van der Waals surface area contributed by atoms with E-state index in [1.54, 1.807) is 23.6 Å². The van der Waals surface area contributed by atoms with Crippen molar-refractivity contribution in [3.05, 3.63) is 71.6 Å². The van der Waals surface area contributed by atoms with Crippen molar-refractivity contribution in [1.82, 2.24) is 9.88 Å². The minimum Gasteiger partial charge on any atom is -0.467 e. The highest BCUT2D eigenvalue weighted by molar-refractivity contribution is 7.91. The predicted octanol–water partition coefficient (Wildman–Crippen LogP) is 3.65. The van der Waals surface area contributed by atoms with E-state index in [-0.39, 0.29) is 29.9 Å². The Kier molecular flexibility index (Phi) is 6.75. The SMILES string of the molecule is CC(=O)N(c1ccccc1)c1nc(/C=C/C(=O)N(Cc2ccco2)[C@H]2CCS(=O)(=O)C2)cs1. The molecule has 3 aromatic rings. The fourth-order valence-corrected chi connectivity index (χ4v) is 6.28. The van der Waals surface area contributed by atoms with Crippen LogP contribution in [-0.4, -0.2) is 47.7 Å². The van der Waals surface area contributed by atoms with Gasteiger partial charge in [0, 0.05) is 24.4 Å². The summed E-state index contributed by atoms with van der Waals surface area (Å²) in [5.74, 6) is 0.0958. The second kappa shape index (κ2) is 9.72. The highest BCUT2D eigenvalue weighted by atomic mass is 32.2. The molecule has 1 aliphatic heterocycles. The normalized spacial score (nSPS) is 17.3. The average Bonchev–Trinajstić information content (AvgIpc) is 3.53. The van der Waals surface area contributed by atoms with Crippen molar-refractivity contribution in [1.29, 1.82) is 0 Å². The number of rotatable bonds is 7. The largest absolute Gasteiger partial charge is 0.467 e. The molecule has 0 unspecified atom stereocenters. The molecule has 2 amide bonds. The van der Waals surface area contributed by atoms with Gasteiger partial charge in [0.15, 0.2) is 15.0 Å². The lowest BCUT2D eigenvalue weighted by Crippen LogP contribution is -2.39. The third-order valence-electron chi connectivity index (χ3n) is 5.27. The minimum absolute atomic E-state index is 0.0568. The van der Waals surface area contributed by atoms with Gasteiger partial charge in [0.1, 0.15) is 5.76 Å². The number of furan rings is 1. The highest BCUT2D eigenvalue weighted by Crippen LogP contribution is 2.29. The first-order valence-corrected chi connectivity index (χ1v) is 13.1. The molecule has 1 atom stereocenters. The van der Waals surface area contributed by atoms with Gasteiger partial charge in [-0.15, -0.1) is 11.3 Å². The topological polar surface area (TPSA) is 101 Å². The molecule has 1 fully saturated rings. The van der Waals surface area contributed by atoms with E-state index in [0.29, 0.717) is 28.7 Å². The van der Waals surface area contributed by atoms with Gasteiger partial charge in [-0.1, -0.05) is 18.2 Å². The lowest BCUT2D eigenvalue weighted by Gasteiger charge is -2.26. The van der Waals surface area contributed by atoms with Gasteiger partial charge in [-0.3, -0.25) is 14.5 Å². The van der Waals surface area contributed by atoms with E-state index >= 15 is 0 Å². The summed E-state index contributed by atoms with van der Waals surface area (Å²) in [5.41, 5.74) is 1.24. The van der Waals surface area contributed by atoms with Crippen molar-refractivity contribution in [3.8, 4) is 0 Å². The van der Waals surface area contributed by atoms with Gasteiger partial charge in [-0.05, 0) is 36.8 Å². The van der Waals surface area contributed by atoms with Crippen molar-refractivity contribution in [2.45, 2.75) is 25.9 Å². The Bertz CT molecular complexity index is 1250. The summed E-state index contributed by atoms with van der Waals surface area (Å²) in [6, 6.07) is 12.3. The maximum absolute atomic E-state index is 13.0. The van der Waals surface area contributed by atoms with Crippen LogP contribution in [0, 0.1) is 0 Å². The zero-order chi connectivity index (χ0) is 23.4. The number of carbonyl (C=O) groups is 2. The van der Waals surface area contributed by atoms with Crippen LogP contribution in [0.1, 0.15) is 24.8 Å². The summed E-state index contributed by atoms with van der Waals surface area (Å²) in [5, 5.41) is 2.25. The summed E-state index contributed by atoms with van der Waals surface area (Å²) in [7, 11) is -3.16. The molecular formula is C23H23N3O5S2. The smallest absolute Gasteiger partial charge is 0.247 e. The zero-order valence-electron chi connectivity index (χ0n) is 18.0. The monoisotopic (exact) mass is 485 g/mol. The van der Waals surface area contributed by atoms with Crippen LogP contribution in [0.15, 0.2) is 64.6 Å². The molecule has 0 N–H and O–H groups in total. The Morgan fingerprint density at radius 2 is 2.00 bits per heavy atom. The summed E-state index contributed by atoms with van der Waals surface area (Å²) in [4.78, 5) is 32.8. The minimum atomic E-state index is -3.16. The molecule has 1 aliphatic rings. The van der Waals surface area contributed by atoms with E-state index < -0.39 is 15.9 Å². The molecule has 2 aromatic heterocycles. The molecule has 0 bridgehead atoms. The third-order valence-corrected chi connectivity index (χ3v) is 7.86.